The van der Waals surface area contributed by atoms with E-state index in [1.54, 1.807) is 11.0 Å². The van der Waals surface area contributed by atoms with Crippen molar-refractivity contribution in [3.05, 3.63) is 93.5 Å². The van der Waals surface area contributed by atoms with Crippen molar-refractivity contribution < 1.29 is 26.4 Å². The highest BCUT2D eigenvalue weighted by atomic mass is 35.5. The SMILES string of the molecule is CS(=O)(=O)Nc1ccc(Cl)cc1C(=O)Cl.CS(=O)(=O)Nc1ccc(Cl)cc1C(=O)N1CCCC[C@H]1c1cn2c(N3CCC3)cc(N3CCC3)nc2n1.c1c(N2CCC2)nc2nc([C@@H]3CCCCN3)cn2c1N1CCC1. The van der Waals surface area contributed by atoms with E-state index in [0.717, 1.165) is 125 Å². The van der Waals surface area contributed by atoms with Gasteiger partial charge in [0.1, 0.15) is 23.3 Å². The standard InChI is InChI=1S/C25H30ClN7O3S.C17H24N6.C8H7Cl2NO3S/c1-37(35,36)29-19-8-7-17(26)14-18(19)24(34)32-13-3-2-6-21(32)20-16-33-23(31-11-5-12-31)15-22(28-25(33)27-20)30-9-4-10-30;1-2-6-18-13(5-1)14-12-23-16(22-9-4-10-22)11-15(20-17(23)19-14)21-7-3-8-21;1-15(13,14)11-7-3-2-5(9)4-6(7)8(10)12/h7-8,14-16,21,29H,2-6,9-13H2,1H3;11-13,18H,1-10H2;2-4,11H,1H3/t21-;13-;/m00./s1. The molecule has 6 fully saturated rings. The van der Waals surface area contributed by atoms with Gasteiger partial charge in [-0.2, -0.15) is 9.97 Å². The van der Waals surface area contributed by atoms with E-state index < -0.39 is 25.3 Å². The van der Waals surface area contributed by atoms with E-state index in [4.69, 9.17) is 54.7 Å². The Kier molecular flexibility index (Phi) is 15.6. The summed E-state index contributed by atoms with van der Waals surface area (Å²) in [7, 11) is -7.02. The van der Waals surface area contributed by atoms with Gasteiger partial charge in [-0.3, -0.25) is 27.8 Å². The molecule has 3 N–H and O–H groups in total. The maximum Gasteiger partial charge on any atom is 0.256 e. The van der Waals surface area contributed by atoms with Crippen LogP contribution in [-0.4, -0.2) is 140 Å². The molecular weight excluding hydrogens is 1060 g/mol. The summed E-state index contributed by atoms with van der Waals surface area (Å²) in [4.78, 5) is 55.5. The Morgan fingerprint density at radius 2 is 1.05 bits per heavy atom. The number of fused-ring (bicyclic) bond motifs is 2. The fraction of sp³-hybridized carbons (Fsp3) is 0.480. The van der Waals surface area contributed by atoms with Gasteiger partial charge in [-0.15, -0.1) is 0 Å². The minimum Gasteiger partial charge on any atom is -0.357 e. The van der Waals surface area contributed by atoms with E-state index in [1.807, 2.05) is 10.6 Å². The van der Waals surface area contributed by atoms with Crippen molar-refractivity contribution in [2.24, 2.45) is 0 Å². The Morgan fingerprint density at radius 3 is 1.52 bits per heavy atom. The molecule has 0 aliphatic carbocycles. The zero-order chi connectivity index (χ0) is 52.6. The number of aromatic nitrogens is 6. The highest BCUT2D eigenvalue weighted by molar-refractivity contribution is 7.92. The maximum absolute atomic E-state index is 13.8. The molecule has 2 aromatic carbocycles. The number of likely N-dealkylation sites (tertiary alicyclic amines) is 1. The van der Waals surface area contributed by atoms with Crippen LogP contribution in [0, 0.1) is 0 Å². The lowest BCUT2D eigenvalue weighted by molar-refractivity contribution is 0.0607. The lowest BCUT2D eigenvalue weighted by Gasteiger charge is -2.36. The molecule has 6 saturated heterocycles. The normalized spacial score (nSPS) is 19.7. The van der Waals surface area contributed by atoms with Crippen molar-refractivity contribution in [3.8, 4) is 0 Å². The lowest BCUT2D eigenvalue weighted by atomic mass is 9.98. The smallest absolute Gasteiger partial charge is 0.256 e. The minimum atomic E-state index is -3.57. The third-order valence-electron chi connectivity index (χ3n) is 14.3. The number of anilines is 6. The molecule has 0 spiro atoms. The van der Waals surface area contributed by atoms with Crippen LogP contribution in [0.25, 0.3) is 11.6 Å². The second-order valence-corrected chi connectivity index (χ2v) is 24.6. The zero-order valence-electron chi connectivity index (χ0n) is 41.9. The van der Waals surface area contributed by atoms with Gasteiger partial charge in [0.05, 0.1) is 58.5 Å². The van der Waals surface area contributed by atoms with Gasteiger partial charge in [0.25, 0.3) is 11.1 Å². The van der Waals surface area contributed by atoms with Crippen LogP contribution >= 0.6 is 34.8 Å². The average Bonchev–Trinajstić information content (AvgIpc) is 3.93. The molecule has 25 heteroatoms. The second-order valence-electron chi connectivity index (χ2n) is 19.9. The monoisotopic (exact) mass is 1120 g/mol. The van der Waals surface area contributed by atoms with Crippen molar-refractivity contribution in [1.82, 2.24) is 39.0 Å². The first-order valence-electron chi connectivity index (χ1n) is 25.5. The van der Waals surface area contributed by atoms with E-state index in [2.05, 4.69) is 57.1 Å². The van der Waals surface area contributed by atoms with Crippen LogP contribution in [0.1, 0.15) is 108 Å². The Bertz CT molecular complexity index is 3340. The van der Waals surface area contributed by atoms with E-state index in [-0.39, 0.29) is 34.5 Å². The number of sulfonamides is 2. The van der Waals surface area contributed by atoms with Crippen molar-refractivity contribution >= 4 is 112 Å². The number of hydrogen-bond donors (Lipinski definition) is 3. The molecule has 6 aliphatic heterocycles. The summed E-state index contributed by atoms with van der Waals surface area (Å²) < 4.78 is 54.7. The number of benzene rings is 2. The Labute approximate surface area is 451 Å². The average molecular weight is 1120 g/mol. The molecule has 1 amide bonds. The molecule has 0 radical (unpaired) electrons. The van der Waals surface area contributed by atoms with Gasteiger partial charge in [0, 0.05) is 93.5 Å². The van der Waals surface area contributed by atoms with Crippen molar-refractivity contribution in [2.45, 2.75) is 76.3 Å². The highest BCUT2D eigenvalue weighted by Crippen LogP contribution is 2.37. The fourth-order valence-corrected chi connectivity index (χ4v) is 11.6. The summed E-state index contributed by atoms with van der Waals surface area (Å²) in [6, 6.07) is 13.3. The summed E-state index contributed by atoms with van der Waals surface area (Å²) in [5.41, 5.74) is 2.53. The fourth-order valence-electron chi connectivity index (χ4n) is 9.92. The van der Waals surface area contributed by atoms with Gasteiger partial charge < -0.3 is 29.8 Å². The van der Waals surface area contributed by atoms with Crippen LogP contribution < -0.4 is 34.4 Å². The number of carbonyl (C=O) groups is 2. The second kappa shape index (κ2) is 22.1. The van der Waals surface area contributed by atoms with Crippen LogP contribution in [-0.2, 0) is 20.0 Å². The zero-order valence-corrected chi connectivity index (χ0v) is 45.8. The molecule has 6 aliphatic rings. The number of nitrogens with zero attached hydrogens (tertiary/aromatic N) is 11. The van der Waals surface area contributed by atoms with E-state index in [1.165, 1.54) is 81.1 Å². The van der Waals surface area contributed by atoms with Crippen LogP contribution in [0.2, 0.25) is 10.0 Å². The largest absolute Gasteiger partial charge is 0.357 e. The molecule has 12 rings (SSSR count). The minimum absolute atomic E-state index is 0.0228. The molecule has 10 heterocycles. The summed E-state index contributed by atoms with van der Waals surface area (Å²) in [6.07, 6.45) is 17.5. The molecule has 2 atom stereocenters. The van der Waals surface area contributed by atoms with E-state index >= 15 is 0 Å². The topological polar surface area (TPSA) is 215 Å². The quantitative estimate of drug-likeness (QED) is 0.101. The van der Waals surface area contributed by atoms with Gasteiger partial charge >= 0.3 is 0 Å². The molecule has 6 aromatic rings. The number of carbonyl (C=O) groups excluding carboxylic acids is 2. The first-order valence-corrected chi connectivity index (χ1v) is 30.4. The third kappa shape index (κ3) is 12.2. The number of piperidine rings is 2. The van der Waals surface area contributed by atoms with Gasteiger partial charge in [0.2, 0.25) is 31.6 Å². The first kappa shape index (κ1) is 52.8. The number of rotatable bonds is 12. The highest BCUT2D eigenvalue weighted by Gasteiger charge is 2.34. The van der Waals surface area contributed by atoms with Crippen molar-refractivity contribution in [3.63, 3.8) is 0 Å². The molecule has 75 heavy (non-hydrogen) atoms. The Balaban J connectivity index is 0.000000143. The summed E-state index contributed by atoms with van der Waals surface area (Å²) >= 11 is 17.1. The predicted octanol–water partition coefficient (Wildman–Crippen LogP) is 7.60. The first-order chi connectivity index (χ1) is 35.9. The number of nitrogens with one attached hydrogen (secondary N) is 3. The predicted molar refractivity (Wildman–Crippen MR) is 296 cm³/mol. The van der Waals surface area contributed by atoms with Crippen molar-refractivity contribution in [1.29, 1.82) is 0 Å². The molecule has 0 unspecified atom stereocenters. The Morgan fingerprint density at radius 1 is 0.573 bits per heavy atom. The molecule has 4 aromatic heterocycles. The number of hydrogen-bond acceptors (Lipinski definition) is 15. The Hall–Kier alpha value is -5.65. The summed E-state index contributed by atoms with van der Waals surface area (Å²) in [6.45, 7) is 10.2. The van der Waals surface area contributed by atoms with Gasteiger partial charge in [0.15, 0.2) is 0 Å². The summed E-state index contributed by atoms with van der Waals surface area (Å²) in [5, 5.41) is 3.50. The molecule has 0 bridgehead atoms. The van der Waals surface area contributed by atoms with Crippen LogP contribution in [0.15, 0.2) is 60.9 Å². The number of imidazole rings is 2. The third-order valence-corrected chi connectivity index (χ3v) is 16.2. The van der Waals surface area contributed by atoms with Crippen LogP contribution in [0.4, 0.5) is 34.6 Å². The number of halogens is 3. The van der Waals surface area contributed by atoms with Gasteiger partial charge in [-0.1, -0.05) is 29.6 Å². The van der Waals surface area contributed by atoms with Gasteiger partial charge in [-0.25, -0.2) is 26.8 Å². The summed E-state index contributed by atoms with van der Waals surface area (Å²) in [5.74, 6) is 5.62. The molecule has 400 valence electrons. The molecule has 20 nitrogen and oxygen atoms in total. The van der Waals surface area contributed by atoms with Crippen LogP contribution in [0.5, 0.6) is 0 Å². The molecular formula is C50H61Cl3N14O6S2. The van der Waals surface area contributed by atoms with Gasteiger partial charge in [-0.05, 0) is 112 Å². The van der Waals surface area contributed by atoms with Crippen LogP contribution in [0.3, 0.4) is 0 Å². The van der Waals surface area contributed by atoms with E-state index in [9.17, 15) is 26.4 Å². The molecule has 0 saturated carbocycles. The lowest BCUT2D eigenvalue weighted by Crippen LogP contribution is -2.40. The maximum atomic E-state index is 13.8. The number of amides is 1. The van der Waals surface area contributed by atoms with E-state index in [0.29, 0.717) is 28.4 Å². The van der Waals surface area contributed by atoms with Crippen molar-refractivity contribution in [2.75, 3.05) is 107 Å².